The molecule has 1 saturated heterocycles. The average molecular weight is 240 g/mol. The van der Waals surface area contributed by atoms with Crippen LogP contribution in [0.25, 0.3) is 0 Å². The Balaban J connectivity index is 1.77. The quantitative estimate of drug-likeness (QED) is 0.710. The first-order valence-corrected chi connectivity index (χ1v) is 7.22. The Morgan fingerprint density at radius 3 is 2.56 bits per heavy atom. The Bertz CT molecular complexity index is 236. The van der Waals surface area contributed by atoms with Gasteiger partial charge in [0.15, 0.2) is 5.11 Å². The van der Waals surface area contributed by atoms with Gasteiger partial charge in [-0.25, -0.2) is 0 Å². The molecular weight excluding hydrogens is 216 g/mol. The van der Waals surface area contributed by atoms with E-state index >= 15 is 0 Å². The van der Waals surface area contributed by atoms with Crippen LogP contribution in [0.1, 0.15) is 51.9 Å². The van der Waals surface area contributed by atoms with Crippen LogP contribution < -0.4 is 5.32 Å². The van der Waals surface area contributed by atoms with Gasteiger partial charge < -0.3 is 10.2 Å². The predicted octanol–water partition coefficient (Wildman–Crippen LogP) is 2.93. The fourth-order valence-corrected chi connectivity index (χ4v) is 3.22. The molecule has 16 heavy (non-hydrogen) atoms. The molecule has 0 radical (unpaired) electrons. The van der Waals surface area contributed by atoms with E-state index in [1.165, 1.54) is 44.9 Å². The molecule has 3 heteroatoms. The first-order chi connectivity index (χ1) is 7.75. The van der Waals surface area contributed by atoms with E-state index in [1.54, 1.807) is 0 Å². The summed E-state index contributed by atoms with van der Waals surface area (Å²) < 4.78 is 0. The first-order valence-electron chi connectivity index (χ1n) is 6.81. The molecule has 0 aromatic rings. The number of hydrogen-bond donors (Lipinski definition) is 1. The molecule has 0 bridgehead atoms. The van der Waals surface area contributed by atoms with Gasteiger partial charge in [0.2, 0.25) is 0 Å². The molecule has 2 nitrogen and oxygen atoms in total. The molecule has 92 valence electrons. The summed E-state index contributed by atoms with van der Waals surface area (Å²) in [5.41, 5.74) is 0. The Hall–Kier alpha value is -0.310. The summed E-state index contributed by atoms with van der Waals surface area (Å²) in [6.45, 7) is 4.64. The van der Waals surface area contributed by atoms with Gasteiger partial charge in [0.1, 0.15) is 0 Å². The molecule has 0 amide bonds. The van der Waals surface area contributed by atoms with Gasteiger partial charge in [0, 0.05) is 19.1 Å². The molecule has 1 aliphatic carbocycles. The fraction of sp³-hybridized carbons (Fsp3) is 0.923. The van der Waals surface area contributed by atoms with E-state index in [0.717, 1.165) is 24.1 Å². The van der Waals surface area contributed by atoms with Crippen molar-refractivity contribution in [2.45, 2.75) is 57.9 Å². The van der Waals surface area contributed by atoms with Gasteiger partial charge in [0.25, 0.3) is 0 Å². The van der Waals surface area contributed by atoms with Crippen LogP contribution in [0.2, 0.25) is 0 Å². The average Bonchev–Trinajstić information content (AvgIpc) is 2.30. The van der Waals surface area contributed by atoms with Crippen molar-refractivity contribution in [2.24, 2.45) is 5.92 Å². The topological polar surface area (TPSA) is 15.3 Å². The van der Waals surface area contributed by atoms with Gasteiger partial charge >= 0.3 is 0 Å². The van der Waals surface area contributed by atoms with E-state index in [4.69, 9.17) is 12.2 Å². The third kappa shape index (κ3) is 3.34. The Morgan fingerprint density at radius 2 is 1.88 bits per heavy atom. The number of nitrogens with one attached hydrogen (secondary N) is 1. The SMILES string of the molecule is CC1CCCN(C(=S)NC2CCCCC2)C1. The lowest BCUT2D eigenvalue weighted by molar-refractivity contribution is 0.265. The summed E-state index contributed by atoms with van der Waals surface area (Å²) >= 11 is 5.52. The number of likely N-dealkylation sites (tertiary alicyclic amines) is 1. The first kappa shape index (κ1) is 12.2. The van der Waals surface area contributed by atoms with Gasteiger partial charge in [0.05, 0.1) is 0 Å². The minimum Gasteiger partial charge on any atom is -0.360 e. The van der Waals surface area contributed by atoms with E-state index in [2.05, 4.69) is 17.1 Å². The predicted molar refractivity (Wildman–Crippen MR) is 72.6 cm³/mol. The highest BCUT2D eigenvalue weighted by Gasteiger charge is 2.21. The molecule has 0 aromatic carbocycles. The maximum absolute atomic E-state index is 5.52. The third-order valence-electron chi connectivity index (χ3n) is 3.88. The maximum Gasteiger partial charge on any atom is 0.169 e. The molecule has 1 unspecified atom stereocenters. The number of nitrogens with zero attached hydrogens (tertiary/aromatic N) is 1. The lowest BCUT2D eigenvalue weighted by atomic mass is 9.95. The van der Waals surface area contributed by atoms with E-state index in [9.17, 15) is 0 Å². The van der Waals surface area contributed by atoms with Gasteiger partial charge in [-0.3, -0.25) is 0 Å². The van der Waals surface area contributed by atoms with Crippen LogP contribution in [-0.4, -0.2) is 29.1 Å². The van der Waals surface area contributed by atoms with E-state index in [0.29, 0.717) is 6.04 Å². The highest BCUT2D eigenvalue weighted by Crippen LogP contribution is 2.19. The lowest BCUT2D eigenvalue weighted by Gasteiger charge is -2.35. The molecule has 1 aliphatic heterocycles. The minimum atomic E-state index is 0.651. The Kier molecular flexibility index (Phi) is 4.45. The van der Waals surface area contributed by atoms with Crippen LogP contribution in [0.3, 0.4) is 0 Å². The van der Waals surface area contributed by atoms with E-state index in [1.807, 2.05) is 0 Å². The van der Waals surface area contributed by atoms with E-state index < -0.39 is 0 Å². The van der Waals surface area contributed by atoms with Gasteiger partial charge in [-0.15, -0.1) is 0 Å². The second kappa shape index (κ2) is 5.85. The fourth-order valence-electron chi connectivity index (χ4n) is 2.89. The lowest BCUT2D eigenvalue weighted by Crippen LogP contribution is -2.48. The van der Waals surface area contributed by atoms with Gasteiger partial charge in [-0.2, -0.15) is 0 Å². The third-order valence-corrected chi connectivity index (χ3v) is 4.25. The molecule has 1 N–H and O–H groups in total. The van der Waals surface area contributed by atoms with Crippen molar-refractivity contribution < 1.29 is 0 Å². The number of thiocarbonyl (C=S) groups is 1. The van der Waals surface area contributed by atoms with Gasteiger partial charge in [-0.1, -0.05) is 26.2 Å². The number of rotatable bonds is 1. The van der Waals surface area contributed by atoms with Crippen molar-refractivity contribution in [3.05, 3.63) is 0 Å². The summed E-state index contributed by atoms with van der Waals surface area (Å²) in [5.74, 6) is 0.805. The Labute approximate surface area is 105 Å². The van der Waals surface area contributed by atoms with E-state index in [-0.39, 0.29) is 0 Å². The van der Waals surface area contributed by atoms with Crippen molar-refractivity contribution >= 4 is 17.3 Å². The standard InChI is InChI=1S/C13H24N2S/c1-11-6-5-9-15(10-11)13(16)14-12-7-3-2-4-8-12/h11-12H,2-10H2,1H3,(H,14,16). The largest absolute Gasteiger partial charge is 0.360 e. The second-order valence-electron chi connectivity index (χ2n) is 5.48. The maximum atomic E-state index is 5.52. The number of piperidine rings is 1. The second-order valence-corrected chi connectivity index (χ2v) is 5.86. The molecule has 1 saturated carbocycles. The molecule has 1 heterocycles. The highest BCUT2D eigenvalue weighted by molar-refractivity contribution is 7.80. The molecule has 2 fully saturated rings. The zero-order valence-corrected chi connectivity index (χ0v) is 11.2. The monoisotopic (exact) mass is 240 g/mol. The molecule has 2 aliphatic rings. The van der Waals surface area contributed by atoms with Crippen LogP contribution in [0.4, 0.5) is 0 Å². The summed E-state index contributed by atoms with van der Waals surface area (Å²) in [4.78, 5) is 2.37. The molecular formula is C13H24N2S. The summed E-state index contributed by atoms with van der Waals surface area (Å²) in [5, 5.41) is 4.58. The van der Waals surface area contributed by atoms with Crippen LogP contribution in [0.5, 0.6) is 0 Å². The Morgan fingerprint density at radius 1 is 1.12 bits per heavy atom. The summed E-state index contributed by atoms with van der Waals surface area (Å²) in [6, 6.07) is 0.651. The molecule has 0 aromatic heterocycles. The zero-order valence-electron chi connectivity index (χ0n) is 10.4. The van der Waals surface area contributed by atoms with Crippen LogP contribution in [-0.2, 0) is 0 Å². The zero-order chi connectivity index (χ0) is 11.4. The molecule has 2 rings (SSSR count). The number of hydrogen-bond acceptors (Lipinski definition) is 1. The molecule has 0 spiro atoms. The molecule has 1 atom stereocenters. The van der Waals surface area contributed by atoms with Crippen molar-refractivity contribution in [2.75, 3.05) is 13.1 Å². The highest BCUT2D eigenvalue weighted by atomic mass is 32.1. The van der Waals surface area contributed by atoms with Crippen molar-refractivity contribution in [3.63, 3.8) is 0 Å². The smallest absolute Gasteiger partial charge is 0.169 e. The summed E-state index contributed by atoms with van der Waals surface area (Å²) in [6.07, 6.45) is 9.43. The van der Waals surface area contributed by atoms with Crippen molar-refractivity contribution in [1.82, 2.24) is 10.2 Å². The normalized spacial score (nSPS) is 27.8. The van der Waals surface area contributed by atoms with Crippen molar-refractivity contribution in [1.29, 1.82) is 0 Å². The summed E-state index contributed by atoms with van der Waals surface area (Å²) in [7, 11) is 0. The minimum absolute atomic E-state index is 0.651. The van der Waals surface area contributed by atoms with Crippen molar-refractivity contribution in [3.8, 4) is 0 Å². The van der Waals surface area contributed by atoms with Crippen LogP contribution in [0, 0.1) is 5.92 Å². The van der Waals surface area contributed by atoms with Crippen LogP contribution >= 0.6 is 12.2 Å². The van der Waals surface area contributed by atoms with Crippen LogP contribution in [0.15, 0.2) is 0 Å². The van der Waals surface area contributed by atoms with Gasteiger partial charge in [-0.05, 0) is 43.8 Å².